The number of fused-ring (bicyclic) bond motifs is 1. The van der Waals surface area contributed by atoms with Crippen LogP contribution in [0.3, 0.4) is 0 Å². The van der Waals surface area contributed by atoms with Crippen LogP contribution < -0.4 is 16.1 Å². The standard InChI is InChI=1S/C10H13N5O2/c16-8-6-7(13-10(17)14-8)12-9(11-6)15-4-2-1-3-5-15/h1-5H2,(H3,11,12,13,14,16,17). The maximum Gasteiger partial charge on any atom is 0.327 e. The van der Waals surface area contributed by atoms with Crippen LogP contribution in [0.15, 0.2) is 9.59 Å². The zero-order valence-electron chi connectivity index (χ0n) is 9.25. The van der Waals surface area contributed by atoms with Crippen molar-refractivity contribution in [2.45, 2.75) is 19.3 Å². The lowest BCUT2D eigenvalue weighted by atomic mass is 10.1. The fraction of sp³-hybridized carbons (Fsp3) is 0.500. The van der Waals surface area contributed by atoms with E-state index in [1.54, 1.807) is 0 Å². The van der Waals surface area contributed by atoms with Gasteiger partial charge in [0.2, 0.25) is 5.95 Å². The summed E-state index contributed by atoms with van der Waals surface area (Å²) < 4.78 is 0. The topological polar surface area (TPSA) is 97.6 Å². The number of hydrogen-bond acceptors (Lipinski definition) is 4. The molecule has 1 aliphatic rings. The van der Waals surface area contributed by atoms with Crippen molar-refractivity contribution in [3.05, 3.63) is 20.8 Å². The van der Waals surface area contributed by atoms with Crippen molar-refractivity contribution in [1.82, 2.24) is 19.9 Å². The minimum Gasteiger partial charge on any atom is -0.342 e. The number of aromatic amines is 3. The Morgan fingerprint density at radius 1 is 1.00 bits per heavy atom. The minimum absolute atomic E-state index is 0.319. The molecule has 0 spiro atoms. The second-order valence-corrected chi connectivity index (χ2v) is 4.24. The second-order valence-electron chi connectivity index (χ2n) is 4.24. The molecule has 90 valence electrons. The van der Waals surface area contributed by atoms with Crippen LogP contribution in [0, 0.1) is 0 Å². The van der Waals surface area contributed by atoms with Crippen molar-refractivity contribution < 1.29 is 0 Å². The predicted molar refractivity (Wildman–Crippen MR) is 63.4 cm³/mol. The summed E-state index contributed by atoms with van der Waals surface area (Å²) in [6.07, 6.45) is 3.49. The van der Waals surface area contributed by atoms with Crippen molar-refractivity contribution >= 4 is 17.1 Å². The van der Waals surface area contributed by atoms with E-state index in [-0.39, 0.29) is 0 Å². The minimum atomic E-state index is -0.529. The number of anilines is 1. The number of rotatable bonds is 1. The van der Waals surface area contributed by atoms with Gasteiger partial charge < -0.3 is 9.88 Å². The molecule has 0 unspecified atom stereocenters. The lowest BCUT2D eigenvalue weighted by Gasteiger charge is -2.25. The van der Waals surface area contributed by atoms with Gasteiger partial charge in [0.15, 0.2) is 11.2 Å². The highest BCUT2D eigenvalue weighted by Gasteiger charge is 2.15. The van der Waals surface area contributed by atoms with Gasteiger partial charge in [0.05, 0.1) is 0 Å². The molecule has 0 aliphatic carbocycles. The van der Waals surface area contributed by atoms with Crippen molar-refractivity contribution in [2.75, 3.05) is 18.0 Å². The lowest BCUT2D eigenvalue weighted by Crippen LogP contribution is -2.30. The van der Waals surface area contributed by atoms with E-state index in [1.807, 2.05) is 0 Å². The maximum atomic E-state index is 11.5. The van der Waals surface area contributed by atoms with Gasteiger partial charge in [0, 0.05) is 13.1 Å². The molecule has 0 saturated carbocycles. The van der Waals surface area contributed by atoms with Gasteiger partial charge in [-0.1, -0.05) is 0 Å². The van der Waals surface area contributed by atoms with Crippen LogP contribution in [-0.2, 0) is 0 Å². The monoisotopic (exact) mass is 235 g/mol. The molecule has 7 nitrogen and oxygen atoms in total. The summed E-state index contributed by atoms with van der Waals surface area (Å²) >= 11 is 0. The molecule has 2 aromatic rings. The van der Waals surface area contributed by atoms with E-state index < -0.39 is 11.2 Å². The van der Waals surface area contributed by atoms with Gasteiger partial charge in [0.1, 0.15) is 0 Å². The Bertz CT molecular complexity index is 646. The van der Waals surface area contributed by atoms with E-state index in [4.69, 9.17) is 0 Å². The number of hydrogen-bond donors (Lipinski definition) is 3. The fourth-order valence-electron chi connectivity index (χ4n) is 2.18. The Balaban J connectivity index is 2.09. The molecule has 0 bridgehead atoms. The smallest absolute Gasteiger partial charge is 0.327 e. The summed E-state index contributed by atoms with van der Waals surface area (Å²) in [4.78, 5) is 36.6. The Labute approximate surface area is 95.9 Å². The SMILES string of the molecule is O=c1[nH]c(=O)c2[nH]c(N3CCCCC3)nc2[nH]1. The fourth-order valence-corrected chi connectivity index (χ4v) is 2.18. The molecule has 3 rings (SSSR count). The van der Waals surface area contributed by atoms with Crippen LogP contribution in [0.4, 0.5) is 5.95 Å². The Morgan fingerprint density at radius 2 is 1.76 bits per heavy atom. The van der Waals surface area contributed by atoms with E-state index in [2.05, 4.69) is 24.8 Å². The first-order valence-electron chi connectivity index (χ1n) is 5.71. The first-order valence-corrected chi connectivity index (χ1v) is 5.71. The summed E-state index contributed by atoms with van der Waals surface area (Å²) in [5, 5.41) is 0. The molecule has 0 atom stereocenters. The first kappa shape index (κ1) is 10.1. The van der Waals surface area contributed by atoms with E-state index >= 15 is 0 Å². The summed E-state index contributed by atoms with van der Waals surface area (Å²) in [7, 11) is 0. The van der Waals surface area contributed by atoms with E-state index in [1.165, 1.54) is 6.42 Å². The van der Waals surface area contributed by atoms with Gasteiger partial charge in [-0.2, -0.15) is 4.98 Å². The molecule has 1 fully saturated rings. The van der Waals surface area contributed by atoms with Crippen LogP contribution in [0.1, 0.15) is 19.3 Å². The molecule has 2 aromatic heterocycles. The third-order valence-corrected chi connectivity index (χ3v) is 3.03. The van der Waals surface area contributed by atoms with E-state index in [0.717, 1.165) is 25.9 Å². The highest BCUT2D eigenvalue weighted by atomic mass is 16.2. The lowest BCUT2D eigenvalue weighted by molar-refractivity contribution is 0.570. The van der Waals surface area contributed by atoms with Crippen LogP contribution in [0.25, 0.3) is 11.2 Å². The third kappa shape index (κ3) is 1.73. The normalized spacial score (nSPS) is 16.6. The van der Waals surface area contributed by atoms with Gasteiger partial charge >= 0.3 is 5.69 Å². The van der Waals surface area contributed by atoms with Crippen molar-refractivity contribution in [3.8, 4) is 0 Å². The predicted octanol–water partition coefficient (Wildman–Crippen LogP) is -0.0702. The average Bonchev–Trinajstić information content (AvgIpc) is 2.74. The zero-order valence-corrected chi connectivity index (χ0v) is 9.25. The summed E-state index contributed by atoms with van der Waals surface area (Å²) in [6.45, 7) is 1.86. The molecule has 17 heavy (non-hydrogen) atoms. The second kappa shape index (κ2) is 3.76. The highest BCUT2D eigenvalue weighted by Crippen LogP contribution is 2.17. The van der Waals surface area contributed by atoms with Gasteiger partial charge in [-0.15, -0.1) is 0 Å². The van der Waals surface area contributed by atoms with Gasteiger partial charge in [-0.05, 0) is 19.3 Å². The van der Waals surface area contributed by atoms with E-state index in [0.29, 0.717) is 17.1 Å². The number of nitrogens with one attached hydrogen (secondary N) is 3. The highest BCUT2D eigenvalue weighted by molar-refractivity contribution is 5.71. The summed E-state index contributed by atoms with van der Waals surface area (Å²) in [5.74, 6) is 0.659. The number of nitrogens with zero attached hydrogens (tertiary/aromatic N) is 2. The molecule has 0 amide bonds. The van der Waals surface area contributed by atoms with Crippen molar-refractivity contribution in [2.24, 2.45) is 0 Å². The van der Waals surface area contributed by atoms with Crippen molar-refractivity contribution in [1.29, 1.82) is 0 Å². The van der Waals surface area contributed by atoms with Gasteiger partial charge in [-0.25, -0.2) is 4.79 Å². The largest absolute Gasteiger partial charge is 0.342 e. The van der Waals surface area contributed by atoms with Crippen LogP contribution in [0.2, 0.25) is 0 Å². The maximum absolute atomic E-state index is 11.5. The van der Waals surface area contributed by atoms with Crippen LogP contribution in [-0.4, -0.2) is 33.0 Å². The molecule has 3 N–H and O–H groups in total. The Morgan fingerprint density at radius 3 is 2.53 bits per heavy atom. The Kier molecular flexibility index (Phi) is 2.24. The molecular formula is C10H13N5O2. The molecule has 1 saturated heterocycles. The summed E-state index contributed by atoms with van der Waals surface area (Å²) in [6, 6.07) is 0. The molecule has 1 aliphatic heterocycles. The summed E-state index contributed by atoms with van der Waals surface area (Å²) in [5.41, 5.74) is -0.316. The van der Waals surface area contributed by atoms with Gasteiger partial charge in [-0.3, -0.25) is 14.8 Å². The third-order valence-electron chi connectivity index (χ3n) is 3.03. The Hall–Kier alpha value is -2.05. The van der Waals surface area contributed by atoms with E-state index in [9.17, 15) is 9.59 Å². The number of imidazole rings is 1. The van der Waals surface area contributed by atoms with Gasteiger partial charge in [0.25, 0.3) is 5.56 Å². The van der Waals surface area contributed by atoms with Crippen molar-refractivity contribution in [3.63, 3.8) is 0 Å². The first-order chi connectivity index (χ1) is 8.24. The molecular weight excluding hydrogens is 222 g/mol. The molecule has 0 radical (unpaired) electrons. The van der Waals surface area contributed by atoms with Crippen LogP contribution >= 0.6 is 0 Å². The number of piperidine rings is 1. The van der Waals surface area contributed by atoms with Crippen LogP contribution in [0.5, 0.6) is 0 Å². The number of aromatic nitrogens is 4. The molecule has 0 aromatic carbocycles. The number of H-pyrrole nitrogens is 3. The quantitative estimate of drug-likeness (QED) is 0.644. The molecule has 7 heteroatoms. The zero-order chi connectivity index (χ0) is 11.8. The molecule has 3 heterocycles. The average molecular weight is 235 g/mol.